The highest BCUT2D eigenvalue weighted by molar-refractivity contribution is 5.79. The minimum atomic E-state index is -0.418. The molecule has 3 rings (SSSR count). The molecule has 1 unspecified atom stereocenters. The monoisotopic (exact) mass is 432 g/mol. The number of methoxy groups -OCH3 is 1. The summed E-state index contributed by atoms with van der Waals surface area (Å²) in [5.74, 6) is 1.12. The van der Waals surface area contributed by atoms with Gasteiger partial charge in [0.1, 0.15) is 18.1 Å². The lowest BCUT2D eigenvalue weighted by atomic mass is 10.0. The molecular formula is C26H28N2O4. The molecule has 166 valence electrons. The largest absolute Gasteiger partial charge is 0.497 e. The highest BCUT2D eigenvalue weighted by atomic mass is 16.5. The van der Waals surface area contributed by atoms with Crippen LogP contribution in [0, 0.1) is 0 Å². The number of nitrogens with one attached hydrogen (secondary N) is 2. The predicted octanol–water partition coefficient (Wildman–Crippen LogP) is 4.12. The first-order valence-corrected chi connectivity index (χ1v) is 10.5. The molecule has 0 aliphatic heterocycles. The average molecular weight is 433 g/mol. The lowest BCUT2D eigenvalue weighted by Crippen LogP contribution is -2.34. The zero-order chi connectivity index (χ0) is 22.8. The van der Waals surface area contributed by atoms with Gasteiger partial charge in [0.25, 0.3) is 0 Å². The van der Waals surface area contributed by atoms with Crippen molar-refractivity contribution in [3.8, 4) is 22.6 Å². The van der Waals surface area contributed by atoms with Crippen LogP contribution in [0.2, 0.25) is 0 Å². The van der Waals surface area contributed by atoms with Gasteiger partial charge in [-0.15, -0.1) is 0 Å². The third-order valence-corrected chi connectivity index (χ3v) is 4.94. The minimum Gasteiger partial charge on any atom is -0.497 e. The summed E-state index contributed by atoms with van der Waals surface area (Å²) in [4.78, 5) is 24.1. The van der Waals surface area contributed by atoms with Crippen LogP contribution in [0.5, 0.6) is 11.5 Å². The Kier molecular flexibility index (Phi) is 8.26. The van der Waals surface area contributed by atoms with Crippen LogP contribution in [-0.2, 0) is 9.59 Å². The number of carbonyl (C=O) groups is 2. The second-order valence-corrected chi connectivity index (χ2v) is 7.29. The Morgan fingerprint density at radius 2 is 1.59 bits per heavy atom. The number of carbonyl (C=O) groups excluding carboxylic acids is 2. The Bertz CT molecular complexity index is 1020. The molecule has 6 nitrogen and oxygen atoms in total. The minimum absolute atomic E-state index is 0.131. The summed E-state index contributed by atoms with van der Waals surface area (Å²) in [6.45, 7) is 2.13. The summed E-state index contributed by atoms with van der Waals surface area (Å²) in [7, 11) is 1.59. The van der Waals surface area contributed by atoms with E-state index in [1.807, 2.05) is 66.7 Å². The fourth-order valence-electron chi connectivity index (χ4n) is 3.39. The Labute approximate surface area is 188 Å². The molecule has 0 aromatic heterocycles. The highest BCUT2D eigenvalue weighted by Crippen LogP contribution is 2.29. The van der Waals surface area contributed by atoms with E-state index in [0.717, 1.165) is 22.4 Å². The van der Waals surface area contributed by atoms with E-state index in [0.29, 0.717) is 18.9 Å². The molecule has 6 heteroatoms. The van der Waals surface area contributed by atoms with Gasteiger partial charge in [-0.05, 0) is 29.3 Å². The van der Waals surface area contributed by atoms with Crippen molar-refractivity contribution < 1.29 is 19.1 Å². The normalized spacial score (nSPS) is 11.3. The fourth-order valence-corrected chi connectivity index (χ4v) is 3.39. The molecule has 0 radical (unpaired) electrons. The van der Waals surface area contributed by atoms with Gasteiger partial charge in [0.2, 0.25) is 11.8 Å². The average Bonchev–Trinajstić information content (AvgIpc) is 2.82. The quantitative estimate of drug-likeness (QED) is 0.473. The summed E-state index contributed by atoms with van der Waals surface area (Å²) in [5, 5.41) is 5.70. The van der Waals surface area contributed by atoms with Crippen LogP contribution < -0.4 is 20.1 Å². The van der Waals surface area contributed by atoms with Crippen molar-refractivity contribution in [2.24, 2.45) is 0 Å². The molecule has 0 heterocycles. The van der Waals surface area contributed by atoms with Crippen molar-refractivity contribution in [1.29, 1.82) is 0 Å². The van der Waals surface area contributed by atoms with Crippen LogP contribution in [-0.4, -0.2) is 32.1 Å². The van der Waals surface area contributed by atoms with Crippen molar-refractivity contribution in [1.82, 2.24) is 10.6 Å². The molecule has 3 aromatic rings. The molecule has 0 aliphatic carbocycles. The van der Waals surface area contributed by atoms with E-state index in [1.54, 1.807) is 19.2 Å². The molecule has 0 saturated heterocycles. The Morgan fingerprint density at radius 1 is 0.906 bits per heavy atom. The maximum Gasteiger partial charge on any atom is 0.222 e. The number of rotatable bonds is 10. The van der Waals surface area contributed by atoms with Gasteiger partial charge >= 0.3 is 0 Å². The topological polar surface area (TPSA) is 76.7 Å². The molecule has 0 fully saturated rings. The Morgan fingerprint density at radius 3 is 2.28 bits per heavy atom. The number of ether oxygens (including phenoxy) is 2. The fraction of sp³-hybridized carbons (Fsp3) is 0.231. The number of amides is 2. The molecule has 2 N–H and O–H groups in total. The Hall–Kier alpha value is -3.80. The highest BCUT2D eigenvalue weighted by Gasteiger charge is 2.17. The second-order valence-electron chi connectivity index (χ2n) is 7.29. The van der Waals surface area contributed by atoms with Crippen LogP contribution in [0.25, 0.3) is 11.1 Å². The molecule has 1 atom stereocenters. The summed E-state index contributed by atoms with van der Waals surface area (Å²) in [6.07, 6.45) is 0.131. The van der Waals surface area contributed by atoms with Gasteiger partial charge in [-0.1, -0.05) is 60.7 Å². The van der Waals surface area contributed by atoms with Gasteiger partial charge in [0.15, 0.2) is 0 Å². The van der Waals surface area contributed by atoms with E-state index in [2.05, 4.69) is 10.6 Å². The van der Waals surface area contributed by atoms with Crippen LogP contribution in [0.3, 0.4) is 0 Å². The summed E-state index contributed by atoms with van der Waals surface area (Å²) in [6, 6.07) is 24.7. The molecule has 0 spiro atoms. The molecule has 0 bridgehead atoms. The van der Waals surface area contributed by atoms with Gasteiger partial charge in [0.05, 0.1) is 26.1 Å². The molecule has 3 aromatic carbocycles. The van der Waals surface area contributed by atoms with Crippen molar-refractivity contribution in [3.63, 3.8) is 0 Å². The van der Waals surface area contributed by atoms with Gasteiger partial charge < -0.3 is 20.1 Å². The first-order valence-electron chi connectivity index (χ1n) is 10.5. The van der Waals surface area contributed by atoms with Crippen LogP contribution in [0.4, 0.5) is 0 Å². The molecule has 32 heavy (non-hydrogen) atoms. The number of hydrogen-bond acceptors (Lipinski definition) is 4. The lowest BCUT2D eigenvalue weighted by Gasteiger charge is -2.18. The lowest BCUT2D eigenvalue weighted by molar-refractivity contribution is -0.122. The smallest absolute Gasteiger partial charge is 0.222 e. The first-order chi connectivity index (χ1) is 15.6. The zero-order valence-electron chi connectivity index (χ0n) is 18.3. The summed E-state index contributed by atoms with van der Waals surface area (Å²) in [5.41, 5.74) is 2.92. The third kappa shape index (κ3) is 6.60. The summed E-state index contributed by atoms with van der Waals surface area (Å²) >= 11 is 0. The van der Waals surface area contributed by atoms with Crippen molar-refractivity contribution >= 4 is 11.8 Å². The SMILES string of the molecule is COc1ccc(C(CC(=O)NCCOc2ccccc2-c2ccccc2)NC(C)=O)cc1. The maximum absolute atomic E-state index is 12.5. The van der Waals surface area contributed by atoms with E-state index < -0.39 is 6.04 Å². The maximum atomic E-state index is 12.5. The van der Waals surface area contributed by atoms with Crippen LogP contribution in [0.1, 0.15) is 24.9 Å². The predicted molar refractivity (Wildman–Crippen MR) is 125 cm³/mol. The van der Waals surface area contributed by atoms with Crippen molar-refractivity contribution in [2.45, 2.75) is 19.4 Å². The molecule has 0 aliphatic rings. The van der Waals surface area contributed by atoms with E-state index in [9.17, 15) is 9.59 Å². The van der Waals surface area contributed by atoms with Crippen LogP contribution in [0.15, 0.2) is 78.9 Å². The van der Waals surface area contributed by atoms with Gasteiger partial charge in [0, 0.05) is 12.5 Å². The van der Waals surface area contributed by atoms with Crippen molar-refractivity contribution in [2.75, 3.05) is 20.3 Å². The van der Waals surface area contributed by atoms with Gasteiger partial charge in [-0.25, -0.2) is 0 Å². The summed E-state index contributed by atoms with van der Waals surface area (Å²) < 4.78 is 11.1. The number of hydrogen-bond donors (Lipinski definition) is 2. The van der Waals surface area contributed by atoms with Gasteiger partial charge in [-0.2, -0.15) is 0 Å². The zero-order valence-corrected chi connectivity index (χ0v) is 18.3. The molecular weight excluding hydrogens is 404 g/mol. The van der Waals surface area contributed by atoms with E-state index in [4.69, 9.17) is 9.47 Å². The first kappa shape index (κ1) is 22.9. The van der Waals surface area contributed by atoms with Gasteiger partial charge in [-0.3, -0.25) is 9.59 Å². The van der Waals surface area contributed by atoms with E-state index in [1.165, 1.54) is 6.92 Å². The van der Waals surface area contributed by atoms with E-state index in [-0.39, 0.29) is 18.2 Å². The molecule has 0 saturated carbocycles. The standard InChI is InChI=1S/C26H28N2O4/c1-19(29)28-24(21-12-14-22(31-2)15-13-21)18-26(30)27-16-17-32-25-11-7-6-10-23(25)20-8-4-3-5-9-20/h3-15,24H,16-18H2,1-2H3,(H,27,30)(H,28,29). The number of para-hydroxylation sites is 1. The van der Waals surface area contributed by atoms with E-state index >= 15 is 0 Å². The van der Waals surface area contributed by atoms with Crippen LogP contribution >= 0.6 is 0 Å². The Balaban J connectivity index is 1.53. The third-order valence-electron chi connectivity index (χ3n) is 4.94. The van der Waals surface area contributed by atoms with Crippen molar-refractivity contribution in [3.05, 3.63) is 84.4 Å². The molecule has 2 amide bonds. The number of benzene rings is 3. The second kappa shape index (κ2) is 11.6.